The zero-order valence-electron chi connectivity index (χ0n) is 9.44. The first-order valence-electron chi connectivity index (χ1n) is 5.70. The van der Waals surface area contributed by atoms with E-state index in [0.29, 0.717) is 5.92 Å². The van der Waals surface area contributed by atoms with Gasteiger partial charge in [-0.2, -0.15) is 0 Å². The zero-order chi connectivity index (χ0) is 11.4. The maximum absolute atomic E-state index is 11.9. The van der Waals surface area contributed by atoms with E-state index in [1.807, 2.05) is 12.1 Å². The second kappa shape index (κ2) is 5.07. The van der Waals surface area contributed by atoms with Crippen molar-refractivity contribution in [3.8, 4) is 0 Å². The number of piperidine rings is 1. The Hall–Kier alpha value is -1.42. The van der Waals surface area contributed by atoms with Gasteiger partial charge in [-0.3, -0.25) is 9.78 Å². The van der Waals surface area contributed by atoms with Gasteiger partial charge in [0.1, 0.15) is 0 Å². The highest BCUT2D eigenvalue weighted by Gasteiger charge is 2.24. The van der Waals surface area contributed by atoms with Crippen LogP contribution in [0.4, 0.5) is 5.69 Å². The van der Waals surface area contributed by atoms with Crippen molar-refractivity contribution in [2.24, 2.45) is 5.92 Å². The number of hydrogen-bond acceptors (Lipinski definition) is 3. The summed E-state index contributed by atoms with van der Waals surface area (Å²) in [6.45, 7) is 3.11. The Morgan fingerprint density at radius 1 is 1.62 bits per heavy atom. The molecule has 0 spiro atoms. The molecule has 1 aromatic heterocycles. The van der Waals surface area contributed by atoms with Crippen LogP contribution in [0.15, 0.2) is 24.5 Å². The van der Waals surface area contributed by atoms with Crippen LogP contribution >= 0.6 is 0 Å². The van der Waals surface area contributed by atoms with Gasteiger partial charge in [0.15, 0.2) is 0 Å². The van der Waals surface area contributed by atoms with Crippen LogP contribution in [0, 0.1) is 5.92 Å². The van der Waals surface area contributed by atoms with Crippen LogP contribution in [0.5, 0.6) is 0 Å². The van der Waals surface area contributed by atoms with Crippen LogP contribution in [-0.2, 0) is 4.79 Å². The Balaban J connectivity index is 1.93. The first-order valence-corrected chi connectivity index (χ1v) is 5.70. The molecule has 0 aromatic carbocycles. The monoisotopic (exact) mass is 219 g/mol. The molecule has 2 rings (SSSR count). The molecule has 2 heterocycles. The van der Waals surface area contributed by atoms with Gasteiger partial charge in [0, 0.05) is 6.20 Å². The van der Waals surface area contributed by atoms with E-state index in [1.165, 1.54) is 0 Å². The van der Waals surface area contributed by atoms with E-state index in [4.69, 9.17) is 0 Å². The highest BCUT2D eigenvalue weighted by molar-refractivity contribution is 5.94. The highest BCUT2D eigenvalue weighted by Crippen LogP contribution is 2.16. The largest absolute Gasteiger partial charge is 0.323 e. The summed E-state index contributed by atoms with van der Waals surface area (Å²) in [4.78, 5) is 15.9. The number of nitrogens with zero attached hydrogens (tertiary/aromatic N) is 1. The van der Waals surface area contributed by atoms with Crippen molar-refractivity contribution in [2.75, 3.05) is 11.9 Å². The molecule has 1 aliphatic rings. The number of rotatable bonds is 2. The molecule has 1 aromatic rings. The molecule has 16 heavy (non-hydrogen) atoms. The second-order valence-electron chi connectivity index (χ2n) is 4.37. The van der Waals surface area contributed by atoms with Gasteiger partial charge in [0.2, 0.25) is 5.91 Å². The molecule has 86 valence electrons. The molecular weight excluding hydrogens is 202 g/mol. The average Bonchev–Trinajstić information content (AvgIpc) is 2.30. The first-order chi connectivity index (χ1) is 7.75. The quantitative estimate of drug-likeness (QED) is 0.790. The van der Waals surface area contributed by atoms with Gasteiger partial charge in [-0.05, 0) is 37.4 Å². The molecular formula is C12H17N3O. The number of nitrogens with one attached hydrogen (secondary N) is 2. The van der Waals surface area contributed by atoms with Crippen molar-refractivity contribution in [1.82, 2.24) is 10.3 Å². The van der Waals surface area contributed by atoms with Crippen LogP contribution < -0.4 is 10.6 Å². The molecule has 4 heteroatoms. The Morgan fingerprint density at radius 3 is 3.19 bits per heavy atom. The van der Waals surface area contributed by atoms with Gasteiger partial charge in [0.25, 0.3) is 0 Å². The van der Waals surface area contributed by atoms with Crippen LogP contribution in [0.1, 0.15) is 19.8 Å². The summed E-state index contributed by atoms with van der Waals surface area (Å²) in [6, 6.07) is 3.59. The van der Waals surface area contributed by atoms with Gasteiger partial charge in [-0.15, -0.1) is 0 Å². The van der Waals surface area contributed by atoms with Gasteiger partial charge >= 0.3 is 0 Å². The maximum atomic E-state index is 11.9. The summed E-state index contributed by atoms with van der Waals surface area (Å²) in [7, 11) is 0. The average molecular weight is 219 g/mol. The molecule has 1 fully saturated rings. The third-order valence-electron chi connectivity index (χ3n) is 2.91. The maximum Gasteiger partial charge on any atom is 0.241 e. The fourth-order valence-corrected chi connectivity index (χ4v) is 1.97. The Labute approximate surface area is 95.5 Å². The second-order valence-corrected chi connectivity index (χ2v) is 4.37. The van der Waals surface area contributed by atoms with E-state index in [1.54, 1.807) is 12.4 Å². The third-order valence-corrected chi connectivity index (χ3v) is 2.91. The van der Waals surface area contributed by atoms with Gasteiger partial charge in [-0.25, -0.2) is 0 Å². The lowest BCUT2D eigenvalue weighted by Crippen LogP contribution is -2.45. The SMILES string of the molecule is CC1CCNC(C(=O)Nc2cccnc2)C1. The van der Waals surface area contributed by atoms with E-state index < -0.39 is 0 Å². The lowest BCUT2D eigenvalue weighted by atomic mass is 9.94. The molecule has 0 bridgehead atoms. The highest BCUT2D eigenvalue weighted by atomic mass is 16.2. The molecule has 1 amide bonds. The standard InChI is InChI=1S/C12H17N3O/c1-9-4-6-14-11(7-9)12(16)15-10-3-2-5-13-8-10/h2-3,5,8-9,11,14H,4,6-7H2,1H3,(H,15,16). The topological polar surface area (TPSA) is 54.0 Å². The molecule has 0 saturated carbocycles. The molecule has 2 atom stereocenters. The Bertz CT molecular complexity index is 353. The normalized spacial score (nSPS) is 25.1. The molecule has 1 aliphatic heterocycles. The minimum absolute atomic E-state index is 0.0413. The molecule has 2 unspecified atom stereocenters. The molecule has 0 aliphatic carbocycles. The number of hydrogen-bond donors (Lipinski definition) is 2. The predicted molar refractivity (Wildman–Crippen MR) is 63.1 cm³/mol. The van der Waals surface area contributed by atoms with Gasteiger partial charge in [0.05, 0.1) is 17.9 Å². The Kier molecular flexibility index (Phi) is 3.51. The van der Waals surface area contributed by atoms with Crippen LogP contribution in [0.3, 0.4) is 0 Å². The number of carbonyl (C=O) groups excluding carboxylic acids is 1. The summed E-state index contributed by atoms with van der Waals surface area (Å²) in [5, 5.41) is 6.11. The van der Waals surface area contributed by atoms with Crippen molar-refractivity contribution in [1.29, 1.82) is 0 Å². The fourth-order valence-electron chi connectivity index (χ4n) is 1.97. The fraction of sp³-hybridized carbons (Fsp3) is 0.500. The molecule has 1 saturated heterocycles. The van der Waals surface area contributed by atoms with Gasteiger partial charge in [-0.1, -0.05) is 6.92 Å². The number of pyridine rings is 1. The van der Waals surface area contributed by atoms with Crippen LogP contribution in [0.25, 0.3) is 0 Å². The van der Waals surface area contributed by atoms with Crippen molar-refractivity contribution in [2.45, 2.75) is 25.8 Å². The lowest BCUT2D eigenvalue weighted by molar-refractivity contribution is -0.119. The number of aromatic nitrogens is 1. The van der Waals surface area contributed by atoms with E-state index in [-0.39, 0.29) is 11.9 Å². The van der Waals surface area contributed by atoms with E-state index in [2.05, 4.69) is 22.5 Å². The van der Waals surface area contributed by atoms with Crippen molar-refractivity contribution < 1.29 is 4.79 Å². The summed E-state index contributed by atoms with van der Waals surface area (Å²) in [6.07, 6.45) is 5.41. The van der Waals surface area contributed by atoms with Crippen molar-refractivity contribution in [3.05, 3.63) is 24.5 Å². The smallest absolute Gasteiger partial charge is 0.241 e. The van der Waals surface area contributed by atoms with Crippen LogP contribution in [-0.4, -0.2) is 23.5 Å². The minimum Gasteiger partial charge on any atom is -0.323 e. The summed E-state index contributed by atoms with van der Waals surface area (Å²) in [5.74, 6) is 0.658. The summed E-state index contributed by atoms with van der Waals surface area (Å²) < 4.78 is 0. The van der Waals surface area contributed by atoms with Gasteiger partial charge < -0.3 is 10.6 Å². The first kappa shape index (κ1) is 11.1. The summed E-state index contributed by atoms with van der Waals surface area (Å²) in [5.41, 5.74) is 0.757. The lowest BCUT2D eigenvalue weighted by Gasteiger charge is -2.27. The van der Waals surface area contributed by atoms with E-state index >= 15 is 0 Å². The minimum atomic E-state index is -0.0658. The molecule has 2 N–H and O–H groups in total. The zero-order valence-corrected chi connectivity index (χ0v) is 9.44. The van der Waals surface area contributed by atoms with E-state index in [0.717, 1.165) is 25.1 Å². The Morgan fingerprint density at radius 2 is 2.50 bits per heavy atom. The van der Waals surface area contributed by atoms with Crippen molar-refractivity contribution >= 4 is 11.6 Å². The third kappa shape index (κ3) is 2.79. The van der Waals surface area contributed by atoms with Crippen molar-refractivity contribution in [3.63, 3.8) is 0 Å². The number of carbonyl (C=O) groups is 1. The van der Waals surface area contributed by atoms with E-state index in [9.17, 15) is 4.79 Å². The molecule has 4 nitrogen and oxygen atoms in total. The number of anilines is 1. The molecule has 0 radical (unpaired) electrons. The van der Waals surface area contributed by atoms with Crippen LogP contribution in [0.2, 0.25) is 0 Å². The predicted octanol–water partition coefficient (Wildman–Crippen LogP) is 1.41. The number of amides is 1. The summed E-state index contributed by atoms with van der Waals surface area (Å²) >= 11 is 0.